The summed E-state index contributed by atoms with van der Waals surface area (Å²) in [6.45, 7) is 8.44. The van der Waals surface area contributed by atoms with E-state index in [1.165, 1.54) is 0 Å². The van der Waals surface area contributed by atoms with Crippen LogP contribution in [-0.2, 0) is 11.3 Å². The fraction of sp³-hybridized carbons (Fsp3) is 0.682. The van der Waals surface area contributed by atoms with Gasteiger partial charge < -0.3 is 24.4 Å². The number of carbonyl (C=O) groups excluding carboxylic acids is 1. The van der Waals surface area contributed by atoms with E-state index in [1.807, 2.05) is 31.1 Å². The number of likely N-dealkylation sites (N-methyl/N-ethyl adjacent to an activating group) is 1. The Morgan fingerprint density at radius 2 is 1.90 bits per heavy atom. The average molecular weight is 421 g/mol. The van der Waals surface area contributed by atoms with Crippen molar-refractivity contribution < 1.29 is 19.4 Å². The molecule has 1 N–H and O–H groups in total. The van der Waals surface area contributed by atoms with Crippen molar-refractivity contribution in [3.8, 4) is 11.5 Å². The largest absolute Gasteiger partial charge is 0.493 e. The molecule has 0 bridgehead atoms. The molecule has 2 atom stereocenters. The van der Waals surface area contributed by atoms with Crippen LogP contribution in [0.15, 0.2) is 18.2 Å². The number of nitrogens with zero attached hydrogens (tertiary/aromatic N) is 4. The number of aliphatic hydroxyl groups is 1. The summed E-state index contributed by atoms with van der Waals surface area (Å²) in [5.74, 6) is 1.63. The maximum absolute atomic E-state index is 11.5. The standard InChI is InChI=1S/C22H36N4O4/c1-17(27)25-7-9-26(10-8-25)19-15-24(16-20(19)28)14-18-5-6-21(22(13-18)29-4)30-12-11-23(2)3/h5-6,13,19-20,28H,7-12,14-16H2,1-4H3/t19-,20-/m0/s1. The highest BCUT2D eigenvalue weighted by molar-refractivity contribution is 5.73. The van der Waals surface area contributed by atoms with Gasteiger partial charge in [0.15, 0.2) is 11.5 Å². The lowest BCUT2D eigenvalue weighted by atomic mass is 10.1. The van der Waals surface area contributed by atoms with E-state index in [0.717, 1.165) is 62.9 Å². The highest BCUT2D eigenvalue weighted by atomic mass is 16.5. The van der Waals surface area contributed by atoms with Crippen LogP contribution in [0.1, 0.15) is 12.5 Å². The number of ether oxygens (including phenoxy) is 2. The molecule has 3 rings (SSSR count). The van der Waals surface area contributed by atoms with Crippen LogP contribution in [0.5, 0.6) is 11.5 Å². The van der Waals surface area contributed by atoms with Crippen molar-refractivity contribution in [2.45, 2.75) is 25.6 Å². The Labute approximate surface area is 179 Å². The van der Waals surface area contributed by atoms with Gasteiger partial charge >= 0.3 is 0 Å². The molecule has 0 spiro atoms. The van der Waals surface area contributed by atoms with Gasteiger partial charge in [0, 0.05) is 65.3 Å². The summed E-state index contributed by atoms with van der Waals surface area (Å²) in [5, 5.41) is 10.6. The van der Waals surface area contributed by atoms with Crippen LogP contribution in [0.4, 0.5) is 0 Å². The van der Waals surface area contributed by atoms with E-state index in [0.29, 0.717) is 13.2 Å². The molecule has 30 heavy (non-hydrogen) atoms. The lowest BCUT2D eigenvalue weighted by molar-refractivity contribution is -0.131. The lowest BCUT2D eigenvalue weighted by Gasteiger charge is -2.38. The zero-order chi connectivity index (χ0) is 21.7. The van der Waals surface area contributed by atoms with Crippen LogP contribution in [0, 0.1) is 0 Å². The van der Waals surface area contributed by atoms with Gasteiger partial charge in [-0.05, 0) is 31.8 Å². The number of hydrogen-bond acceptors (Lipinski definition) is 7. The van der Waals surface area contributed by atoms with Gasteiger partial charge in [0.05, 0.1) is 13.2 Å². The van der Waals surface area contributed by atoms with E-state index in [9.17, 15) is 9.90 Å². The third-order valence-corrected chi connectivity index (χ3v) is 5.99. The number of carbonyl (C=O) groups is 1. The van der Waals surface area contributed by atoms with Crippen LogP contribution in [-0.4, -0.2) is 116 Å². The molecule has 8 nitrogen and oxygen atoms in total. The molecule has 0 radical (unpaired) electrons. The van der Waals surface area contributed by atoms with Gasteiger partial charge in [-0.3, -0.25) is 14.6 Å². The Hall–Kier alpha value is -1.87. The Bertz CT molecular complexity index is 706. The molecule has 2 heterocycles. The van der Waals surface area contributed by atoms with Gasteiger partial charge in [0.1, 0.15) is 6.61 Å². The predicted molar refractivity (Wildman–Crippen MR) is 116 cm³/mol. The smallest absolute Gasteiger partial charge is 0.219 e. The molecule has 8 heteroatoms. The topological polar surface area (TPSA) is 68.7 Å². The van der Waals surface area contributed by atoms with Gasteiger partial charge in [-0.1, -0.05) is 6.07 Å². The quantitative estimate of drug-likeness (QED) is 0.651. The van der Waals surface area contributed by atoms with Crippen LogP contribution in [0.2, 0.25) is 0 Å². The van der Waals surface area contributed by atoms with Crippen molar-refractivity contribution in [3.63, 3.8) is 0 Å². The molecule has 2 aliphatic heterocycles. The van der Waals surface area contributed by atoms with E-state index in [1.54, 1.807) is 14.0 Å². The number of methoxy groups -OCH3 is 1. The van der Waals surface area contributed by atoms with E-state index < -0.39 is 0 Å². The lowest BCUT2D eigenvalue weighted by Crippen LogP contribution is -2.54. The zero-order valence-electron chi connectivity index (χ0n) is 18.7. The molecular formula is C22H36N4O4. The number of likely N-dealkylation sites (tertiary alicyclic amines) is 1. The van der Waals surface area contributed by atoms with E-state index in [4.69, 9.17) is 9.47 Å². The third-order valence-electron chi connectivity index (χ3n) is 5.99. The minimum atomic E-state index is -0.371. The Morgan fingerprint density at radius 1 is 1.17 bits per heavy atom. The summed E-state index contributed by atoms with van der Waals surface area (Å²) in [4.78, 5) is 20.1. The molecule has 0 unspecified atom stereocenters. The van der Waals surface area contributed by atoms with Crippen molar-refractivity contribution in [1.82, 2.24) is 19.6 Å². The minimum Gasteiger partial charge on any atom is -0.493 e. The van der Waals surface area contributed by atoms with Crippen molar-refractivity contribution in [2.75, 3.05) is 73.6 Å². The number of amides is 1. The van der Waals surface area contributed by atoms with Crippen LogP contribution in [0.25, 0.3) is 0 Å². The van der Waals surface area contributed by atoms with E-state index in [2.05, 4.69) is 20.8 Å². The first-order valence-electron chi connectivity index (χ1n) is 10.7. The SMILES string of the molecule is COc1cc(CN2C[C@H](O)[C@@H](N3CCN(C(C)=O)CC3)C2)ccc1OCCN(C)C. The second kappa shape index (κ2) is 10.4. The molecule has 0 saturated carbocycles. The number of β-amino-alcohol motifs (C(OH)–C–C–N with tert-alkyl or cyclic N) is 1. The molecule has 1 aromatic carbocycles. The Morgan fingerprint density at radius 3 is 2.53 bits per heavy atom. The van der Waals surface area contributed by atoms with Crippen molar-refractivity contribution in [3.05, 3.63) is 23.8 Å². The van der Waals surface area contributed by atoms with Crippen LogP contribution < -0.4 is 9.47 Å². The highest BCUT2D eigenvalue weighted by Crippen LogP contribution is 2.29. The summed E-state index contributed by atoms with van der Waals surface area (Å²) in [5.41, 5.74) is 1.14. The van der Waals surface area contributed by atoms with Crippen LogP contribution in [0.3, 0.4) is 0 Å². The first-order valence-corrected chi connectivity index (χ1v) is 10.7. The number of aliphatic hydroxyl groups excluding tert-OH is 1. The van der Waals surface area contributed by atoms with E-state index >= 15 is 0 Å². The van der Waals surface area contributed by atoms with Gasteiger partial charge in [-0.25, -0.2) is 0 Å². The van der Waals surface area contributed by atoms with Crippen molar-refractivity contribution in [2.24, 2.45) is 0 Å². The highest BCUT2D eigenvalue weighted by Gasteiger charge is 2.36. The first kappa shape index (κ1) is 22.8. The zero-order valence-corrected chi connectivity index (χ0v) is 18.7. The van der Waals surface area contributed by atoms with Gasteiger partial charge in [0.2, 0.25) is 5.91 Å². The Kier molecular flexibility index (Phi) is 7.93. The molecule has 0 aromatic heterocycles. The minimum absolute atomic E-state index is 0.120. The summed E-state index contributed by atoms with van der Waals surface area (Å²) in [6.07, 6.45) is -0.371. The van der Waals surface area contributed by atoms with Gasteiger partial charge in [-0.15, -0.1) is 0 Å². The molecule has 0 aliphatic carbocycles. The molecule has 2 fully saturated rings. The number of rotatable bonds is 8. The van der Waals surface area contributed by atoms with Crippen molar-refractivity contribution >= 4 is 5.91 Å². The molecule has 168 valence electrons. The summed E-state index contributed by atoms with van der Waals surface area (Å²) < 4.78 is 11.4. The first-order chi connectivity index (χ1) is 14.4. The predicted octanol–water partition coefficient (Wildman–Crippen LogP) is 0.345. The summed E-state index contributed by atoms with van der Waals surface area (Å²) in [7, 11) is 5.70. The third kappa shape index (κ3) is 5.85. The maximum atomic E-state index is 11.5. The fourth-order valence-corrected chi connectivity index (χ4v) is 4.23. The van der Waals surface area contributed by atoms with Gasteiger partial charge in [-0.2, -0.15) is 0 Å². The molecular weight excluding hydrogens is 384 g/mol. The fourth-order valence-electron chi connectivity index (χ4n) is 4.23. The molecule has 2 aliphatic rings. The van der Waals surface area contributed by atoms with Crippen molar-refractivity contribution in [1.29, 1.82) is 0 Å². The number of hydrogen-bond donors (Lipinski definition) is 1. The normalized spacial score (nSPS) is 23.2. The molecule has 1 amide bonds. The Balaban J connectivity index is 1.54. The second-order valence-electron chi connectivity index (χ2n) is 8.51. The average Bonchev–Trinajstić information content (AvgIpc) is 3.08. The monoisotopic (exact) mass is 420 g/mol. The summed E-state index contributed by atoms with van der Waals surface area (Å²) >= 11 is 0. The van der Waals surface area contributed by atoms with E-state index in [-0.39, 0.29) is 18.1 Å². The summed E-state index contributed by atoms with van der Waals surface area (Å²) in [6, 6.07) is 6.18. The molecule has 1 aromatic rings. The van der Waals surface area contributed by atoms with Crippen LogP contribution >= 0.6 is 0 Å². The van der Waals surface area contributed by atoms with Gasteiger partial charge in [0.25, 0.3) is 0 Å². The number of piperazine rings is 1. The molecule has 2 saturated heterocycles. The second-order valence-corrected chi connectivity index (χ2v) is 8.51. The maximum Gasteiger partial charge on any atom is 0.219 e. The number of benzene rings is 1.